The molecule has 0 fully saturated rings. The van der Waals surface area contributed by atoms with Crippen molar-refractivity contribution in [2.24, 2.45) is 7.05 Å². The summed E-state index contributed by atoms with van der Waals surface area (Å²) in [6.07, 6.45) is 4.93. The number of unbranched alkanes of at least 4 members (excludes halogenated alkanes) is 2. The molecule has 0 spiro atoms. The van der Waals surface area contributed by atoms with Gasteiger partial charge in [0.25, 0.3) is 0 Å². The van der Waals surface area contributed by atoms with Crippen LogP contribution in [0, 0.1) is 0 Å². The first-order valence-electron chi connectivity index (χ1n) is 9.45. The number of rotatable bonds is 5. The molecule has 1 nitrogen and oxygen atoms in total. The van der Waals surface area contributed by atoms with E-state index in [4.69, 9.17) is 0 Å². The predicted molar refractivity (Wildman–Crippen MR) is 117 cm³/mol. The number of halogens is 1. The van der Waals surface area contributed by atoms with Crippen molar-refractivity contribution in [2.45, 2.75) is 32.6 Å². The lowest BCUT2D eigenvalue weighted by atomic mass is 9.98. The highest BCUT2D eigenvalue weighted by Gasteiger charge is 2.16. The average Bonchev–Trinajstić information content (AvgIpc) is 2.94. The third kappa shape index (κ3) is 2.97. The third-order valence-corrected chi connectivity index (χ3v) is 6.03. The van der Waals surface area contributed by atoms with Gasteiger partial charge in [-0.2, -0.15) is 0 Å². The van der Waals surface area contributed by atoms with Crippen LogP contribution in [0.3, 0.4) is 0 Å². The van der Waals surface area contributed by atoms with E-state index in [9.17, 15) is 0 Å². The maximum absolute atomic E-state index is 3.67. The standard InChI is InChI=1S/C24H24BrN/c1-3-4-5-11-21-20-10-6-7-13-23(20)26(2)24(21)18-14-15-19-17(16-18)9-8-12-22(19)25/h6-10,12-16H,3-5,11H2,1-2H3. The second kappa shape index (κ2) is 7.28. The lowest BCUT2D eigenvalue weighted by Crippen LogP contribution is -1.95. The summed E-state index contributed by atoms with van der Waals surface area (Å²) in [5.41, 5.74) is 5.49. The summed E-state index contributed by atoms with van der Waals surface area (Å²) in [6, 6.07) is 22.1. The minimum absolute atomic E-state index is 1.14. The lowest BCUT2D eigenvalue weighted by molar-refractivity contribution is 0.719. The summed E-state index contributed by atoms with van der Waals surface area (Å²) in [4.78, 5) is 0. The van der Waals surface area contributed by atoms with Crippen LogP contribution in [0.1, 0.15) is 31.7 Å². The second-order valence-corrected chi connectivity index (χ2v) is 7.89. The molecule has 2 heteroatoms. The zero-order chi connectivity index (χ0) is 18.1. The minimum Gasteiger partial charge on any atom is -0.343 e. The van der Waals surface area contributed by atoms with Crippen molar-refractivity contribution in [3.63, 3.8) is 0 Å². The quantitative estimate of drug-likeness (QED) is 0.303. The molecule has 0 N–H and O–H groups in total. The predicted octanol–water partition coefficient (Wildman–Crippen LogP) is 7.49. The van der Waals surface area contributed by atoms with E-state index in [1.54, 1.807) is 0 Å². The van der Waals surface area contributed by atoms with Crippen LogP contribution < -0.4 is 0 Å². The van der Waals surface area contributed by atoms with Gasteiger partial charge in [-0.05, 0) is 52.9 Å². The fraction of sp³-hybridized carbons (Fsp3) is 0.250. The molecule has 132 valence electrons. The smallest absolute Gasteiger partial charge is 0.0521 e. The monoisotopic (exact) mass is 405 g/mol. The maximum Gasteiger partial charge on any atom is 0.0521 e. The van der Waals surface area contributed by atoms with Crippen molar-refractivity contribution >= 4 is 37.6 Å². The highest BCUT2D eigenvalue weighted by molar-refractivity contribution is 9.10. The first kappa shape index (κ1) is 17.4. The number of nitrogens with zero attached hydrogens (tertiary/aromatic N) is 1. The Kier molecular flexibility index (Phi) is 4.86. The van der Waals surface area contributed by atoms with E-state index in [1.807, 2.05) is 0 Å². The largest absolute Gasteiger partial charge is 0.343 e. The van der Waals surface area contributed by atoms with Crippen LogP contribution in [0.25, 0.3) is 32.9 Å². The van der Waals surface area contributed by atoms with E-state index in [1.165, 1.54) is 57.8 Å². The van der Waals surface area contributed by atoms with Gasteiger partial charge in [-0.25, -0.2) is 0 Å². The summed E-state index contributed by atoms with van der Waals surface area (Å²) >= 11 is 3.67. The van der Waals surface area contributed by atoms with Gasteiger partial charge in [0.05, 0.1) is 5.69 Å². The van der Waals surface area contributed by atoms with E-state index in [0.29, 0.717) is 0 Å². The Morgan fingerprint density at radius 3 is 2.58 bits per heavy atom. The molecule has 3 aromatic carbocycles. The van der Waals surface area contributed by atoms with Gasteiger partial charge in [0.15, 0.2) is 0 Å². The van der Waals surface area contributed by atoms with Gasteiger partial charge in [-0.3, -0.25) is 0 Å². The Bertz CT molecular complexity index is 1070. The van der Waals surface area contributed by atoms with Crippen molar-refractivity contribution in [3.8, 4) is 11.3 Å². The molecule has 0 amide bonds. The Morgan fingerprint density at radius 1 is 0.885 bits per heavy atom. The highest BCUT2D eigenvalue weighted by atomic mass is 79.9. The zero-order valence-electron chi connectivity index (χ0n) is 15.4. The summed E-state index contributed by atoms with van der Waals surface area (Å²) in [5.74, 6) is 0. The van der Waals surface area contributed by atoms with Crippen molar-refractivity contribution in [1.29, 1.82) is 0 Å². The molecule has 1 heterocycles. The van der Waals surface area contributed by atoms with Crippen LogP contribution in [-0.2, 0) is 13.5 Å². The SMILES string of the molecule is CCCCCc1c(-c2ccc3c(Br)cccc3c2)n(C)c2ccccc12. The Hall–Kier alpha value is -2.06. The molecular weight excluding hydrogens is 382 g/mol. The lowest BCUT2D eigenvalue weighted by Gasteiger charge is -2.10. The average molecular weight is 406 g/mol. The van der Waals surface area contributed by atoms with Crippen LogP contribution in [0.4, 0.5) is 0 Å². The van der Waals surface area contributed by atoms with E-state index >= 15 is 0 Å². The Labute approximate surface area is 163 Å². The Morgan fingerprint density at radius 2 is 1.73 bits per heavy atom. The molecule has 0 bridgehead atoms. The molecule has 0 aliphatic carbocycles. The van der Waals surface area contributed by atoms with Gasteiger partial charge in [-0.1, -0.05) is 78.2 Å². The summed E-state index contributed by atoms with van der Waals surface area (Å²) in [6.45, 7) is 2.27. The molecule has 26 heavy (non-hydrogen) atoms. The highest BCUT2D eigenvalue weighted by Crippen LogP contribution is 2.36. The number of hydrogen-bond acceptors (Lipinski definition) is 0. The van der Waals surface area contributed by atoms with Crippen LogP contribution in [0.5, 0.6) is 0 Å². The van der Waals surface area contributed by atoms with Crippen molar-refractivity contribution in [3.05, 3.63) is 70.7 Å². The molecule has 1 aromatic heterocycles. The normalized spacial score (nSPS) is 11.5. The summed E-state index contributed by atoms with van der Waals surface area (Å²) in [7, 11) is 2.20. The van der Waals surface area contributed by atoms with Gasteiger partial charge in [0.2, 0.25) is 0 Å². The number of para-hydroxylation sites is 1. The molecule has 0 atom stereocenters. The van der Waals surface area contributed by atoms with E-state index in [2.05, 4.69) is 95.1 Å². The Balaban J connectivity index is 1.92. The zero-order valence-corrected chi connectivity index (χ0v) is 17.0. The first-order chi connectivity index (χ1) is 12.7. The van der Waals surface area contributed by atoms with Gasteiger partial charge in [-0.15, -0.1) is 0 Å². The number of hydrogen-bond donors (Lipinski definition) is 0. The fourth-order valence-corrected chi connectivity index (χ4v) is 4.55. The maximum atomic E-state index is 3.67. The van der Waals surface area contributed by atoms with Crippen LogP contribution in [-0.4, -0.2) is 4.57 Å². The second-order valence-electron chi connectivity index (χ2n) is 7.04. The number of fused-ring (bicyclic) bond motifs is 2. The molecule has 0 radical (unpaired) electrons. The van der Waals surface area contributed by atoms with Crippen molar-refractivity contribution in [1.82, 2.24) is 4.57 Å². The molecule has 0 saturated heterocycles. The fourth-order valence-electron chi connectivity index (χ4n) is 4.04. The van der Waals surface area contributed by atoms with Gasteiger partial charge in [0.1, 0.15) is 0 Å². The summed E-state index contributed by atoms with van der Waals surface area (Å²) in [5, 5.41) is 3.94. The van der Waals surface area contributed by atoms with E-state index < -0.39 is 0 Å². The van der Waals surface area contributed by atoms with E-state index in [0.717, 1.165) is 10.9 Å². The molecule has 0 unspecified atom stereocenters. The molecule has 4 rings (SSSR count). The summed E-state index contributed by atoms with van der Waals surface area (Å²) < 4.78 is 3.53. The molecule has 0 saturated carbocycles. The molecule has 0 aliphatic rings. The number of aromatic nitrogens is 1. The van der Waals surface area contributed by atoms with Gasteiger partial charge < -0.3 is 4.57 Å². The molecule has 0 aliphatic heterocycles. The third-order valence-electron chi connectivity index (χ3n) is 5.34. The topological polar surface area (TPSA) is 4.93 Å². The van der Waals surface area contributed by atoms with Gasteiger partial charge >= 0.3 is 0 Å². The van der Waals surface area contributed by atoms with Crippen molar-refractivity contribution < 1.29 is 0 Å². The van der Waals surface area contributed by atoms with Crippen LogP contribution in [0.15, 0.2) is 65.1 Å². The number of aryl methyl sites for hydroxylation is 2. The van der Waals surface area contributed by atoms with Crippen LogP contribution in [0.2, 0.25) is 0 Å². The van der Waals surface area contributed by atoms with E-state index in [-0.39, 0.29) is 0 Å². The van der Waals surface area contributed by atoms with Gasteiger partial charge in [0, 0.05) is 22.4 Å². The first-order valence-corrected chi connectivity index (χ1v) is 10.2. The number of benzene rings is 3. The molecule has 4 aromatic rings. The minimum atomic E-state index is 1.14. The van der Waals surface area contributed by atoms with Crippen LogP contribution >= 0.6 is 15.9 Å². The molecular formula is C24H24BrN. The van der Waals surface area contributed by atoms with Crippen molar-refractivity contribution in [2.75, 3.05) is 0 Å².